The highest BCUT2D eigenvalue weighted by atomic mass is 15.0. The van der Waals surface area contributed by atoms with E-state index in [-0.39, 0.29) is 0 Å². The van der Waals surface area contributed by atoms with E-state index in [0.717, 1.165) is 11.4 Å². The average Bonchev–Trinajstić information content (AvgIpc) is 3.73. The molecule has 0 bridgehead atoms. The lowest BCUT2D eigenvalue weighted by molar-refractivity contribution is 0.744. The Morgan fingerprint density at radius 1 is 0.235 bits per heavy atom. The second-order valence-electron chi connectivity index (χ2n) is 13.3. The van der Waals surface area contributed by atoms with Gasteiger partial charge in [-0.3, -0.25) is 0 Å². The quantitative estimate of drug-likeness (QED) is 0.159. The topological polar surface area (TPSA) is 9.86 Å². The Kier molecular flexibility index (Phi) is 6.75. The van der Waals surface area contributed by atoms with Gasteiger partial charge in [-0.2, -0.15) is 0 Å². The molecule has 2 aromatic heterocycles. The van der Waals surface area contributed by atoms with Gasteiger partial charge in [0, 0.05) is 32.9 Å². The molecule has 0 radical (unpaired) electrons. The zero-order chi connectivity index (χ0) is 33.8. The summed E-state index contributed by atoms with van der Waals surface area (Å²) in [6.45, 7) is 0. The molecule has 2 nitrogen and oxygen atoms in total. The van der Waals surface area contributed by atoms with Crippen LogP contribution >= 0.6 is 0 Å². The van der Waals surface area contributed by atoms with Crippen molar-refractivity contribution < 1.29 is 0 Å². The van der Waals surface area contributed by atoms with E-state index >= 15 is 0 Å². The Balaban J connectivity index is 1.19. The van der Waals surface area contributed by atoms with Crippen LogP contribution in [0.25, 0.3) is 55.0 Å². The molecular formula is C49H34N2. The lowest BCUT2D eigenvalue weighted by Crippen LogP contribution is -2.31. The number of hydrogen-bond donors (Lipinski definition) is 0. The lowest BCUT2D eigenvalue weighted by atomic mass is 9.65. The van der Waals surface area contributed by atoms with Crippen molar-refractivity contribution in [3.63, 3.8) is 0 Å². The molecule has 2 heteroatoms. The van der Waals surface area contributed by atoms with Crippen molar-refractivity contribution in [3.05, 3.63) is 229 Å². The van der Waals surface area contributed by atoms with E-state index < -0.39 is 5.41 Å². The fraction of sp³-hybridized carbons (Fsp3) is 0.0204. The maximum atomic E-state index is 2.39. The van der Waals surface area contributed by atoms with Crippen molar-refractivity contribution >= 4 is 43.6 Å². The van der Waals surface area contributed by atoms with E-state index in [4.69, 9.17) is 0 Å². The van der Waals surface area contributed by atoms with Crippen molar-refractivity contribution in [2.45, 2.75) is 5.41 Å². The average molecular weight is 651 g/mol. The van der Waals surface area contributed by atoms with Crippen LogP contribution in [0.5, 0.6) is 0 Å². The van der Waals surface area contributed by atoms with Gasteiger partial charge in [0.25, 0.3) is 0 Å². The van der Waals surface area contributed by atoms with Crippen LogP contribution in [0.2, 0.25) is 0 Å². The summed E-state index contributed by atoms with van der Waals surface area (Å²) in [6.07, 6.45) is 0. The molecule has 0 aliphatic heterocycles. The predicted octanol–water partition coefficient (Wildman–Crippen LogP) is 12.3. The fourth-order valence-electron chi connectivity index (χ4n) is 8.50. The fourth-order valence-corrected chi connectivity index (χ4v) is 8.50. The van der Waals surface area contributed by atoms with Gasteiger partial charge in [-0.25, -0.2) is 0 Å². The van der Waals surface area contributed by atoms with Gasteiger partial charge in [-0.15, -0.1) is 0 Å². The molecule has 0 saturated heterocycles. The lowest BCUT2D eigenvalue weighted by Gasteiger charge is -2.37. The SMILES string of the molecule is c1ccc(C(c2ccccc2)(c2ccc(-n3c4ccccc4c4ccccc43)cc2)c2ccc(-n3c4ccccc4c4ccccc43)cc2)cc1. The van der Waals surface area contributed by atoms with Crippen molar-refractivity contribution in [3.8, 4) is 11.4 Å². The van der Waals surface area contributed by atoms with Crippen LogP contribution in [0, 0.1) is 0 Å². The van der Waals surface area contributed by atoms with Gasteiger partial charge >= 0.3 is 0 Å². The molecular weight excluding hydrogens is 617 g/mol. The van der Waals surface area contributed by atoms with Gasteiger partial charge in [0.15, 0.2) is 0 Å². The van der Waals surface area contributed by atoms with Crippen LogP contribution in [0.3, 0.4) is 0 Å². The van der Waals surface area contributed by atoms with Crippen LogP contribution < -0.4 is 0 Å². The molecule has 0 aliphatic rings. The number of rotatable bonds is 6. The summed E-state index contributed by atoms with van der Waals surface area (Å²) in [5.74, 6) is 0. The van der Waals surface area contributed by atoms with Gasteiger partial charge in [-0.05, 0) is 70.8 Å². The van der Waals surface area contributed by atoms with E-state index in [9.17, 15) is 0 Å². The molecule has 8 aromatic carbocycles. The van der Waals surface area contributed by atoms with E-state index in [1.165, 1.54) is 65.9 Å². The molecule has 0 unspecified atom stereocenters. The molecule has 0 atom stereocenters. The normalized spacial score (nSPS) is 11.9. The zero-order valence-electron chi connectivity index (χ0n) is 28.0. The van der Waals surface area contributed by atoms with Gasteiger partial charge in [0.05, 0.1) is 27.5 Å². The number of para-hydroxylation sites is 4. The molecule has 10 aromatic rings. The first-order valence-electron chi connectivity index (χ1n) is 17.6. The van der Waals surface area contributed by atoms with Crippen LogP contribution in [-0.2, 0) is 5.41 Å². The van der Waals surface area contributed by atoms with Crippen molar-refractivity contribution in [1.82, 2.24) is 9.13 Å². The number of aromatic nitrogens is 2. The highest BCUT2D eigenvalue weighted by Crippen LogP contribution is 2.46. The van der Waals surface area contributed by atoms with Crippen LogP contribution in [-0.4, -0.2) is 9.13 Å². The third kappa shape index (κ3) is 4.43. The Labute approximate surface area is 297 Å². The highest BCUT2D eigenvalue weighted by Gasteiger charge is 2.38. The molecule has 0 amide bonds. The second kappa shape index (κ2) is 11.8. The summed E-state index contributed by atoms with van der Waals surface area (Å²) in [5, 5.41) is 5.07. The summed E-state index contributed by atoms with van der Waals surface area (Å²) in [7, 11) is 0. The zero-order valence-corrected chi connectivity index (χ0v) is 28.0. The minimum Gasteiger partial charge on any atom is -0.309 e. The van der Waals surface area contributed by atoms with E-state index in [1.54, 1.807) is 0 Å². The molecule has 0 fully saturated rings. The number of fused-ring (bicyclic) bond motifs is 6. The molecule has 0 aliphatic carbocycles. The van der Waals surface area contributed by atoms with Gasteiger partial charge in [-0.1, -0.05) is 158 Å². The molecule has 2 heterocycles. The first-order chi connectivity index (χ1) is 25.3. The number of benzene rings is 8. The Bertz CT molecular complexity index is 2520. The van der Waals surface area contributed by atoms with Crippen LogP contribution in [0.15, 0.2) is 206 Å². The first kappa shape index (κ1) is 29.3. The minimum absolute atomic E-state index is 0.554. The summed E-state index contributed by atoms with van der Waals surface area (Å²) in [5.41, 5.74) is 11.5. The maximum absolute atomic E-state index is 2.39. The summed E-state index contributed by atoms with van der Waals surface area (Å²) >= 11 is 0. The van der Waals surface area contributed by atoms with Crippen molar-refractivity contribution in [2.24, 2.45) is 0 Å². The third-order valence-electron chi connectivity index (χ3n) is 10.7. The number of nitrogens with zero attached hydrogens (tertiary/aromatic N) is 2. The van der Waals surface area contributed by atoms with E-state index in [0.29, 0.717) is 0 Å². The van der Waals surface area contributed by atoms with Crippen LogP contribution in [0.1, 0.15) is 22.3 Å². The minimum atomic E-state index is -0.554. The van der Waals surface area contributed by atoms with Crippen molar-refractivity contribution in [2.75, 3.05) is 0 Å². The van der Waals surface area contributed by atoms with E-state index in [2.05, 4.69) is 215 Å². The standard InChI is InChI=1S/C49H34N2/c1-3-15-35(16-4-1)49(36-17-5-2-6-18-36,37-27-31-39(32-28-37)50-45-23-11-7-19-41(45)42-20-8-12-24-46(42)50)38-29-33-40(34-30-38)51-47-25-13-9-21-43(47)44-22-10-14-26-48(44)51/h1-34H. The van der Waals surface area contributed by atoms with Gasteiger partial charge in [0.2, 0.25) is 0 Å². The molecule has 0 N–H and O–H groups in total. The predicted molar refractivity (Wildman–Crippen MR) is 213 cm³/mol. The Morgan fingerprint density at radius 2 is 0.490 bits per heavy atom. The maximum Gasteiger partial charge on any atom is 0.0701 e. The largest absolute Gasteiger partial charge is 0.309 e. The summed E-state index contributed by atoms with van der Waals surface area (Å²) in [6, 6.07) is 75.3. The summed E-state index contributed by atoms with van der Waals surface area (Å²) in [4.78, 5) is 0. The highest BCUT2D eigenvalue weighted by molar-refractivity contribution is 6.10. The Hall–Kier alpha value is -6.64. The Morgan fingerprint density at radius 3 is 0.804 bits per heavy atom. The second-order valence-corrected chi connectivity index (χ2v) is 13.3. The molecule has 0 spiro atoms. The van der Waals surface area contributed by atoms with Crippen molar-refractivity contribution in [1.29, 1.82) is 0 Å². The smallest absolute Gasteiger partial charge is 0.0701 e. The van der Waals surface area contributed by atoms with E-state index in [1.807, 2.05) is 0 Å². The first-order valence-corrected chi connectivity index (χ1v) is 17.6. The molecule has 10 rings (SSSR count). The van der Waals surface area contributed by atoms with Gasteiger partial charge < -0.3 is 9.13 Å². The van der Waals surface area contributed by atoms with Crippen LogP contribution in [0.4, 0.5) is 0 Å². The third-order valence-corrected chi connectivity index (χ3v) is 10.7. The molecule has 240 valence electrons. The van der Waals surface area contributed by atoms with Gasteiger partial charge in [0.1, 0.15) is 0 Å². The molecule has 0 saturated carbocycles. The summed E-state index contributed by atoms with van der Waals surface area (Å²) < 4.78 is 4.78. The molecule has 51 heavy (non-hydrogen) atoms. The monoisotopic (exact) mass is 650 g/mol. The number of hydrogen-bond acceptors (Lipinski definition) is 0.